The standard InChI is InChI=1S/C21H21FN2OS/c1-15(16-6-3-2-4-7-16)23-14-20(25)24-21(19-8-5-13-26-19)17-9-11-18(22)12-10-17/h2-13,15,21,23H,14H2,1H3,(H,24,25)/p+1/t15-,21+/m0/s1. The number of benzene rings is 2. The van der Waals surface area contributed by atoms with E-state index in [9.17, 15) is 9.18 Å². The summed E-state index contributed by atoms with van der Waals surface area (Å²) in [7, 11) is 0. The molecule has 3 nitrogen and oxygen atoms in total. The molecule has 0 radical (unpaired) electrons. The van der Waals surface area contributed by atoms with E-state index in [1.807, 2.05) is 41.0 Å². The number of nitrogens with one attached hydrogen (secondary N) is 1. The van der Waals surface area contributed by atoms with Crippen LogP contribution in [-0.4, -0.2) is 12.5 Å². The van der Waals surface area contributed by atoms with Crippen LogP contribution in [0.15, 0.2) is 72.1 Å². The van der Waals surface area contributed by atoms with Crippen LogP contribution < -0.4 is 10.6 Å². The van der Waals surface area contributed by atoms with Crippen LogP contribution in [0.5, 0.6) is 0 Å². The van der Waals surface area contributed by atoms with E-state index >= 15 is 0 Å². The molecule has 0 saturated carbocycles. The summed E-state index contributed by atoms with van der Waals surface area (Å²) in [5.41, 5.74) is 2.06. The highest BCUT2D eigenvalue weighted by Crippen LogP contribution is 2.26. The summed E-state index contributed by atoms with van der Waals surface area (Å²) < 4.78 is 13.2. The molecule has 0 bridgehead atoms. The zero-order chi connectivity index (χ0) is 18.4. The lowest BCUT2D eigenvalue weighted by atomic mass is 10.1. The SMILES string of the molecule is C[C@H]([NH2+]CC(=O)N[C@H](c1ccc(F)cc1)c1cccs1)c1ccccc1. The van der Waals surface area contributed by atoms with Crippen LogP contribution in [0.3, 0.4) is 0 Å². The first-order valence-corrected chi connectivity index (χ1v) is 9.48. The van der Waals surface area contributed by atoms with Gasteiger partial charge in [0.25, 0.3) is 5.91 Å². The topological polar surface area (TPSA) is 45.7 Å². The second-order valence-corrected chi connectivity index (χ2v) is 7.19. The van der Waals surface area contributed by atoms with Crippen LogP contribution in [0.4, 0.5) is 4.39 Å². The van der Waals surface area contributed by atoms with Gasteiger partial charge in [0.2, 0.25) is 0 Å². The van der Waals surface area contributed by atoms with Crippen molar-refractivity contribution in [1.82, 2.24) is 5.32 Å². The number of hydrogen-bond acceptors (Lipinski definition) is 2. The molecule has 0 unspecified atom stereocenters. The number of halogens is 1. The molecule has 0 aliphatic carbocycles. The quantitative estimate of drug-likeness (QED) is 0.659. The zero-order valence-corrected chi connectivity index (χ0v) is 15.4. The predicted octanol–water partition coefficient (Wildman–Crippen LogP) is 3.42. The van der Waals surface area contributed by atoms with Crippen LogP contribution in [0.2, 0.25) is 0 Å². The number of carbonyl (C=O) groups excluding carboxylic acids is 1. The molecule has 0 aliphatic heterocycles. The van der Waals surface area contributed by atoms with Crippen LogP contribution in [0, 0.1) is 5.82 Å². The molecule has 1 aromatic heterocycles. The van der Waals surface area contributed by atoms with Crippen molar-refractivity contribution in [3.8, 4) is 0 Å². The van der Waals surface area contributed by atoms with Crippen molar-refractivity contribution >= 4 is 17.2 Å². The fourth-order valence-corrected chi connectivity index (χ4v) is 3.63. The first-order chi connectivity index (χ1) is 12.6. The largest absolute Gasteiger partial charge is 0.339 e. The van der Waals surface area contributed by atoms with Gasteiger partial charge in [-0.05, 0) is 36.1 Å². The lowest BCUT2D eigenvalue weighted by Crippen LogP contribution is -2.87. The summed E-state index contributed by atoms with van der Waals surface area (Å²) in [6.45, 7) is 2.42. The molecule has 134 valence electrons. The van der Waals surface area contributed by atoms with Crippen LogP contribution >= 0.6 is 11.3 Å². The molecule has 3 N–H and O–H groups in total. The van der Waals surface area contributed by atoms with Crippen LogP contribution in [0.1, 0.15) is 35.0 Å². The van der Waals surface area contributed by atoms with Crippen molar-refractivity contribution in [2.45, 2.75) is 19.0 Å². The number of carbonyl (C=O) groups is 1. The zero-order valence-electron chi connectivity index (χ0n) is 14.6. The maximum absolute atomic E-state index is 13.2. The number of rotatable bonds is 7. The molecule has 5 heteroatoms. The van der Waals surface area contributed by atoms with E-state index in [4.69, 9.17) is 0 Å². The Morgan fingerprint density at radius 3 is 2.42 bits per heavy atom. The summed E-state index contributed by atoms with van der Waals surface area (Å²) in [6, 6.07) is 20.3. The maximum Gasteiger partial charge on any atom is 0.275 e. The van der Waals surface area contributed by atoms with Crippen molar-refractivity contribution in [2.24, 2.45) is 0 Å². The first-order valence-electron chi connectivity index (χ1n) is 8.60. The van der Waals surface area contributed by atoms with Gasteiger partial charge in [-0.3, -0.25) is 4.79 Å². The molecule has 1 heterocycles. The van der Waals surface area contributed by atoms with Crippen LogP contribution in [0.25, 0.3) is 0 Å². The molecule has 0 spiro atoms. The van der Waals surface area contributed by atoms with Crippen molar-refractivity contribution in [1.29, 1.82) is 0 Å². The van der Waals surface area contributed by atoms with Gasteiger partial charge in [0.1, 0.15) is 11.9 Å². The minimum Gasteiger partial charge on any atom is -0.339 e. The maximum atomic E-state index is 13.2. The summed E-state index contributed by atoms with van der Waals surface area (Å²) in [5.74, 6) is -0.328. The molecule has 3 rings (SSSR count). The molecule has 26 heavy (non-hydrogen) atoms. The van der Waals surface area contributed by atoms with Gasteiger partial charge in [0, 0.05) is 10.4 Å². The predicted molar refractivity (Wildman–Crippen MR) is 102 cm³/mol. The van der Waals surface area contributed by atoms with E-state index in [1.165, 1.54) is 17.7 Å². The highest BCUT2D eigenvalue weighted by molar-refractivity contribution is 7.10. The van der Waals surface area contributed by atoms with E-state index in [1.54, 1.807) is 23.5 Å². The fraction of sp³-hybridized carbons (Fsp3) is 0.190. The molecule has 1 amide bonds. The minimum atomic E-state index is -0.282. The van der Waals surface area contributed by atoms with E-state index < -0.39 is 0 Å². The van der Waals surface area contributed by atoms with Gasteiger partial charge in [0.05, 0.1) is 6.04 Å². The van der Waals surface area contributed by atoms with Crippen molar-refractivity contribution in [3.05, 3.63) is 93.9 Å². The second kappa shape index (κ2) is 8.74. The van der Waals surface area contributed by atoms with Gasteiger partial charge in [-0.1, -0.05) is 48.5 Å². The number of quaternary nitrogens is 1. The minimum absolute atomic E-state index is 0.0458. The monoisotopic (exact) mass is 369 g/mol. The molecular formula is C21H22FN2OS+. The van der Waals surface area contributed by atoms with E-state index in [0.717, 1.165) is 10.4 Å². The molecule has 0 aliphatic rings. The average Bonchev–Trinajstić information content (AvgIpc) is 3.20. The highest BCUT2D eigenvalue weighted by Gasteiger charge is 2.19. The van der Waals surface area contributed by atoms with Crippen molar-refractivity contribution in [3.63, 3.8) is 0 Å². The Morgan fingerprint density at radius 2 is 1.77 bits per heavy atom. The highest BCUT2D eigenvalue weighted by atomic mass is 32.1. The number of hydrogen-bond donors (Lipinski definition) is 2. The number of amides is 1. The average molecular weight is 369 g/mol. The summed E-state index contributed by atoms with van der Waals surface area (Å²) >= 11 is 1.57. The van der Waals surface area contributed by atoms with Gasteiger partial charge in [-0.25, -0.2) is 4.39 Å². The smallest absolute Gasteiger partial charge is 0.275 e. The third kappa shape index (κ3) is 4.77. The lowest BCUT2D eigenvalue weighted by Gasteiger charge is -2.18. The summed E-state index contributed by atoms with van der Waals surface area (Å²) in [4.78, 5) is 13.5. The van der Waals surface area contributed by atoms with E-state index in [-0.39, 0.29) is 23.8 Å². The van der Waals surface area contributed by atoms with Gasteiger partial charge in [-0.15, -0.1) is 11.3 Å². The Bertz CT molecular complexity index is 819. The van der Waals surface area contributed by atoms with Gasteiger partial charge in [-0.2, -0.15) is 0 Å². The third-order valence-corrected chi connectivity index (χ3v) is 5.26. The third-order valence-electron chi connectivity index (χ3n) is 4.32. The molecule has 0 saturated heterocycles. The molecular weight excluding hydrogens is 347 g/mol. The number of thiophene rings is 1. The Hall–Kier alpha value is -2.50. The van der Waals surface area contributed by atoms with Gasteiger partial charge >= 0.3 is 0 Å². The molecule has 2 atom stereocenters. The Kier molecular flexibility index (Phi) is 6.15. The van der Waals surface area contributed by atoms with Gasteiger partial charge < -0.3 is 10.6 Å². The normalized spacial score (nSPS) is 13.2. The fourth-order valence-electron chi connectivity index (χ4n) is 2.83. The van der Waals surface area contributed by atoms with Crippen LogP contribution in [-0.2, 0) is 4.79 Å². The molecule has 0 fully saturated rings. The summed E-state index contributed by atoms with van der Waals surface area (Å²) in [6.07, 6.45) is 0. The second-order valence-electron chi connectivity index (χ2n) is 6.21. The number of nitrogens with two attached hydrogens (primary N) is 1. The molecule has 3 aromatic rings. The van der Waals surface area contributed by atoms with Crippen molar-refractivity contribution in [2.75, 3.05) is 6.54 Å². The Morgan fingerprint density at radius 1 is 1.04 bits per heavy atom. The van der Waals surface area contributed by atoms with E-state index in [2.05, 4.69) is 24.4 Å². The Balaban J connectivity index is 1.65. The van der Waals surface area contributed by atoms with E-state index in [0.29, 0.717) is 6.54 Å². The lowest BCUT2D eigenvalue weighted by molar-refractivity contribution is -0.682. The van der Waals surface area contributed by atoms with Gasteiger partial charge in [0.15, 0.2) is 6.54 Å². The molecule has 2 aromatic carbocycles. The Labute approximate surface area is 156 Å². The first kappa shape index (κ1) is 18.3. The summed E-state index contributed by atoms with van der Waals surface area (Å²) in [5, 5.41) is 7.07. The van der Waals surface area contributed by atoms with Crippen molar-refractivity contribution < 1.29 is 14.5 Å².